The van der Waals surface area contributed by atoms with Crippen LogP contribution >= 0.6 is 22.9 Å². The van der Waals surface area contributed by atoms with Gasteiger partial charge in [0.1, 0.15) is 17.6 Å². The van der Waals surface area contributed by atoms with Crippen LogP contribution in [-0.2, 0) is 23.9 Å². The Balaban J connectivity index is 1.84. The first-order valence-corrected chi connectivity index (χ1v) is 14.9. The molecule has 3 atom stereocenters. The molecule has 5 rings (SSSR count). The summed E-state index contributed by atoms with van der Waals surface area (Å²) < 4.78 is 24.9. The van der Waals surface area contributed by atoms with E-state index in [-0.39, 0.29) is 36.6 Å². The first-order valence-electron chi connectivity index (χ1n) is 13.6. The molecule has 0 saturated heterocycles. The molecule has 0 amide bonds. The maximum atomic E-state index is 14.7. The molecule has 1 aliphatic carbocycles. The highest BCUT2D eigenvalue weighted by Gasteiger charge is 2.51. The van der Waals surface area contributed by atoms with Crippen LogP contribution in [-0.4, -0.2) is 30.9 Å². The van der Waals surface area contributed by atoms with E-state index in [4.69, 9.17) is 26.8 Å². The Bertz CT molecular complexity index is 1600. The van der Waals surface area contributed by atoms with Crippen molar-refractivity contribution in [3.63, 3.8) is 0 Å². The third kappa shape index (κ3) is 5.12. The van der Waals surface area contributed by atoms with Gasteiger partial charge in [-0.15, -0.1) is 11.3 Å². The lowest BCUT2D eigenvalue weighted by molar-refractivity contribution is -0.152. The normalized spacial score (nSPS) is 20.5. The van der Waals surface area contributed by atoms with Crippen molar-refractivity contribution in [3.05, 3.63) is 109 Å². The van der Waals surface area contributed by atoms with Gasteiger partial charge in [-0.3, -0.25) is 14.5 Å². The molecular weight excluding hydrogens is 579 g/mol. The molecule has 2 N–H and O–H groups in total. The summed E-state index contributed by atoms with van der Waals surface area (Å²) in [7, 11) is 0. The number of hydrogen-bond donors (Lipinski definition) is 1. The SMILES string of the molecule is CCOC(=O)C1=C(N)N(c2cccc(Cl)c2C)C2=C(C(=O)[C@H](C(=O)OCC)[C@H](c3cccs3)C2)[C@@H]1c1ccc(F)cc1. The van der Waals surface area contributed by atoms with E-state index in [2.05, 4.69) is 0 Å². The maximum absolute atomic E-state index is 14.7. The van der Waals surface area contributed by atoms with Gasteiger partial charge < -0.3 is 15.2 Å². The quantitative estimate of drug-likeness (QED) is 0.246. The van der Waals surface area contributed by atoms with Crippen molar-refractivity contribution in [2.24, 2.45) is 11.7 Å². The van der Waals surface area contributed by atoms with Crippen LogP contribution in [0.25, 0.3) is 0 Å². The summed E-state index contributed by atoms with van der Waals surface area (Å²) in [6.45, 7) is 5.34. The lowest BCUT2D eigenvalue weighted by Gasteiger charge is -2.44. The van der Waals surface area contributed by atoms with Crippen LogP contribution < -0.4 is 10.6 Å². The Morgan fingerprint density at radius 1 is 1.07 bits per heavy atom. The molecule has 1 aromatic heterocycles. The predicted octanol–water partition coefficient (Wildman–Crippen LogP) is 6.38. The number of carbonyl (C=O) groups is 3. The Morgan fingerprint density at radius 3 is 2.43 bits per heavy atom. The number of Topliss-reactive ketones (excluding diaryl/α,β-unsaturated/α-hetero) is 1. The molecule has 218 valence electrons. The van der Waals surface area contributed by atoms with Crippen molar-refractivity contribution in [2.75, 3.05) is 18.1 Å². The Morgan fingerprint density at radius 2 is 1.79 bits per heavy atom. The van der Waals surface area contributed by atoms with Crippen LogP contribution in [0.2, 0.25) is 5.02 Å². The van der Waals surface area contributed by atoms with Crippen molar-refractivity contribution in [2.45, 2.75) is 39.0 Å². The average Bonchev–Trinajstić information content (AvgIpc) is 3.50. The summed E-state index contributed by atoms with van der Waals surface area (Å²) in [4.78, 5) is 44.3. The van der Waals surface area contributed by atoms with Crippen molar-refractivity contribution in [1.82, 2.24) is 0 Å². The summed E-state index contributed by atoms with van der Waals surface area (Å²) in [6, 6.07) is 14.6. The van der Waals surface area contributed by atoms with E-state index < -0.39 is 41.3 Å². The van der Waals surface area contributed by atoms with Crippen molar-refractivity contribution < 1.29 is 28.2 Å². The smallest absolute Gasteiger partial charge is 0.338 e. The molecule has 2 heterocycles. The largest absolute Gasteiger partial charge is 0.465 e. The predicted molar refractivity (Wildman–Crippen MR) is 159 cm³/mol. The first-order chi connectivity index (χ1) is 20.2. The van der Waals surface area contributed by atoms with Gasteiger partial charge in [0.05, 0.1) is 30.4 Å². The van der Waals surface area contributed by atoms with Gasteiger partial charge in [-0.2, -0.15) is 0 Å². The second kappa shape index (κ2) is 12.1. The van der Waals surface area contributed by atoms with Gasteiger partial charge in [0.2, 0.25) is 0 Å². The monoisotopic (exact) mass is 608 g/mol. The van der Waals surface area contributed by atoms with E-state index in [1.807, 2.05) is 30.5 Å². The molecule has 0 bridgehead atoms. The minimum atomic E-state index is -1.16. The van der Waals surface area contributed by atoms with E-state index >= 15 is 0 Å². The molecule has 0 spiro atoms. The Hall–Kier alpha value is -3.95. The van der Waals surface area contributed by atoms with E-state index in [0.717, 1.165) is 4.88 Å². The number of carbonyl (C=O) groups excluding carboxylic acids is 3. The molecule has 10 heteroatoms. The maximum Gasteiger partial charge on any atom is 0.338 e. The van der Waals surface area contributed by atoms with Crippen LogP contribution in [0, 0.1) is 18.7 Å². The molecule has 2 aliphatic rings. The minimum Gasteiger partial charge on any atom is -0.465 e. The number of anilines is 1. The van der Waals surface area contributed by atoms with Gasteiger partial charge in [-0.25, -0.2) is 9.18 Å². The molecule has 0 radical (unpaired) electrons. The highest BCUT2D eigenvalue weighted by atomic mass is 35.5. The number of esters is 2. The number of halogens is 2. The number of nitrogens with two attached hydrogens (primary N) is 1. The fraction of sp³-hybridized carbons (Fsp3) is 0.281. The lowest BCUT2D eigenvalue weighted by Crippen LogP contribution is -2.46. The molecule has 0 saturated carbocycles. The van der Waals surface area contributed by atoms with Crippen molar-refractivity contribution >= 4 is 46.3 Å². The van der Waals surface area contributed by atoms with E-state index in [9.17, 15) is 18.8 Å². The topological polar surface area (TPSA) is 98.9 Å². The number of hydrogen-bond acceptors (Lipinski definition) is 8. The number of ketones is 1. The summed E-state index contributed by atoms with van der Waals surface area (Å²) in [5, 5.41) is 2.36. The molecule has 1 aliphatic heterocycles. The standard InChI is InChI=1S/C32H30ClFN2O5S/c1-4-40-31(38)26-20(24-10-7-15-42-24)16-23-27(29(26)37)25(18-11-13-19(34)14-12-18)28(32(39)41-5-2)30(35)36(23)22-9-6-8-21(33)17(22)3/h6-15,20,25-26H,4-5,16,35H2,1-3H3/t20-,25-,26+/m0/s1. The average molecular weight is 609 g/mol. The number of thiophene rings is 1. The van der Waals surface area contributed by atoms with Crippen molar-refractivity contribution in [3.8, 4) is 0 Å². The summed E-state index contributed by atoms with van der Waals surface area (Å²) in [6.07, 6.45) is 0.242. The summed E-state index contributed by atoms with van der Waals surface area (Å²) in [5.41, 5.74) is 9.37. The Labute approximate surface area is 252 Å². The second-order valence-electron chi connectivity index (χ2n) is 10.0. The molecule has 42 heavy (non-hydrogen) atoms. The number of ether oxygens (including phenoxy) is 2. The molecule has 7 nitrogen and oxygen atoms in total. The molecular formula is C32H30ClFN2O5S. The second-order valence-corrected chi connectivity index (χ2v) is 11.4. The molecule has 2 aromatic carbocycles. The fourth-order valence-electron chi connectivity index (χ4n) is 5.81. The van der Waals surface area contributed by atoms with Gasteiger partial charge in [-0.1, -0.05) is 35.9 Å². The van der Waals surface area contributed by atoms with Crippen LogP contribution in [0.15, 0.2) is 82.6 Å². The van der Waals surface area contributed by atoms with Gasteiger partial charge >= 0.3 is 11.9 Å². The van der Waals surface area contributed by atoms with E-state index in [0.29, 0.717) is 27.5 Å². The number of nitrogens with zero attached hydrogens (tertiary/aromatic N) is 1. The number of allylic oxidation sites excluding steroid dienone is 2. The van der Waals surface area contributed by atoms with Crippen molar-refractivity contribution in [1.29, 1.82) is 0 Å². The van der Waals surface area contributed by atoms with Gasteiger partial charge in [0.25, 0.3) is 0 Å². The number of benzene rings is 2. The van der Waals surface area contributed by atoms with Gasteiger partial charge in [-0.05, 0) is 74.0 Å². The third-order valence-corrected chi connectivity index (χ3v) is 9.08. The Kier molecular flexibility index (Phi) is 8.52. The van der Waals surface area contributed by atoms with Crippen LogP contribution in [0.3, 0.4) is 0 Å². The third-order valence-electron chi connectivity index (χ3n) is 7.67. The number of rotatable bonds is 7. The first kappa shape index (κ1) is 29.5. The van der Waals surface area contributed by atoms with E-state index in [1.165, 1.54) is 35.6 Å². The lowest BCUT2D eigenvalue weighted by atomic mass is 9.68. The van der Waals surface area contributed by atoms with Gasteiger partial charge in [0.15, 0.2) is 5.78 Å². The molecule has 3 aromatic rings. The van der Waals surface area contributed by atoms with Gasteiger partial charge in [0, 0.05) is 27.1 Å². The zero-order chi connectivity index (χ0) is 30.1. The van der Waals surface area contributed by atoms with Crippen LogP contribution in [0.4, 0.5) is 10.1 Å². The highest BCUT2D eigenvalue weighted by molar-refractivity contribution is 7.10. The van der Waals surface area contributed by atoms with E-state index in [1.54, 1.807) is 30.9 Å². The fourth-order valence-corrected chi connectivity index (χ4v) is 6.85. The zero-order valence-corrected chi connectivity index (χ0v) is 24.9. The van der Waals surface area contributed by atoms with Crippen LogP contribution in [0.5, 0.6) is 0 Å². The summed E-state index contributed by atoms with van der Waals surface area (Å²) in [5.74, 6) is -4.97. The molecule has 0 fully saturated rings. The highest BCUT2D eigenvalue weighted by Crippen LogP contribution is 2.52. The van der Waals surface area contributed by atoms with Crippen LogP contribution in [0.1, 0.15) is 48.1 Å². The molecule has 0 unspecified atom stereocenters. The summed E-state index contributed by atoms with van der Waals surface area (Å²) >= 11 is 7.97. The zero-order valence-electron chi connectivity index (χ0n) is 23.4. The minimum absolute atomic E-state index is 0.0205.